The first-order valence-electron chi connectivity index (χ1n) is 6.72. The Balaban J connectivity index is 2.32. The van der Waals surface area contributed by atoms with Gasteiger partial charge in [-0.2, -0.15) is 0 Å². The lowest BCUT2D eigenvalue weighted by Gasteiger charge is -2.15. The number of halogens is 1. The van der Waals surface area contributed by atoms with Gasteiger partial charge in [0.05, 0.1) is 6.04 Å². The van der Waals surface area contributed by atoms with E-state index in [2.05, 4.69) is 19.1 Å². The van der Waals surface area contributed by atoms with Crippen LogP contribution in [0.25, 0.3) is 0 Å². The van der Waals surface area contributed by atoms with Gasteiger partial charge in [-0.1, -0.05) is 49.7 Å². The van der Waals surface area contributed by atoms with Crippen LogP contribution in [-0.4, -0.2) is 0 Å². The number of benzene rings is 2. The summed E-state index contributed by atoms with van der Waals surface area (Å²) < 4.78 is 14.0. The van der Waals surface area contributed by atoms with E-state index in [1.807, 2.05) is 25.1 Å². The molecule has 0 bridgehead atoms. The summed E-state index contributed by atoms with van der Waals surface area (Å²) in [6, 6.07) is 12.9. The predicted molar refractivity (Wildman–Crippen MR) is 77.6 cm³/mol. The minimum Gasteiger partial charge on any atom is -0.320 e. The Kier molecular flexibility index (Phi) is 4.33. The van der Waals surface area contributed by atoms with Crippen molar-refractivity contribution in [1.82, 2.24) is 0 Å². The highest BCUT2D eigenvalue weighted by Crippen LogP contribution is 2.24. The summed E-state index contributed by atoms with van der Waals surface area (Å²) in [4.78, 5) is 0. The SMILES string of the molecule is CCCc1cccc(C(N)c2ccc(C)cc2F)c1. The molecule has 1 nitrogen and oxygen atoms in total. The molecule has 0 saturated carbocycles. The van der Waals surface area contributed by atoms with Crippen LogP contribution in [0.15, 0.2) is 42.5 Å². The molecule has 1 atom stereocenters. The minimum atomic E-state index is -0.405. The molecule has 19 heavy (non-hydrogen) atoms. The number of nitrogens with two attached hydrogens (primary N) is 1. The number of hydrogen-bond donors (Lipinski definition) is 1. The zero-order chi connectivity index (χ0) is 13.8. The average Bonchev–Trinajstić information content (AvgIpc) is 2.39. The largest absolute Gasteiger partial charge is 0.320 e. The van der Waals surface area contributed by atoms with Crippen LogP contribution >= 0.6 is 0 Å². The van der Waals surface area contributed by atoms with Crippen molar-refractivity contribution >= 4 is 0 Å². The van der Waals surface area contributed by atoms with E-state index in [-0.39, 0.29) is 5.82 Å². The summed E-state index contributed by atoms with van der Waals surface area (Å²) in [6.45, 7) is 4.02. The highest BCUT2D eigenvalue weighted by Gasteiger charge is 2.13. The van der Waals surface area contributed by atoms with Crippen LogP contribution in [0.4, 0.5) is 4.39 Å². The van der Waals surface area contributed by atoms with Crippen LogP contribution in [0, 0.1) is 12.7 Å². The molecule has 2 aromatic carbocycles. The van der Waals surface area contributed by atoms with Crippen molar-refractivity contribution in [3.05, 3.63) is 70.5 Å². The molecular formula is C17H20FN. The van der Waals surface area contributed by atoms with Gasteiger partial charge < -0.3 is 5.73 Å². The molecule has 0 aliphatic rings. The Morgan fingerprint density at radius 3 is 2.63 bits per heavy atom. The fourth-order valence-electron chi connectivity index (χ4n) is 2.29. The Bertz CT molecular complexity index is 563. The Hall–Kier alpha value is -1.67. The summed E-state index contributed by atoms with van der Waals surface area (Å²) in [5.74, 6) is -0.228. The first-order valence-corrected chi connectivity index (χ1v) is 6.72. The Labute approximate surface area is 114 Å². The third-order valence-corrected chi connectivity index (χ3v) is 3.34. The van der Waals surface area contributed by atoms with Crippen LogP contribution in [0.3, 0.4) is 0 Å². The average molecular weight is 257 g/mol. The van der Waals surface area contributed by atoms with Crippen LogP contribution in [0.5, 0.6) is 0 Å². The molecule has 0 radical (unpaired) electrons. The van der Waals surface area contributed by atoms with Gasteiger partial charge in [-0.15, -0.1) is 0 Å². The van der Waals surface area contributed by atoms with Gasteiger partial charge in [-0.05, 0) is 36.1 Å². The molecule has 0 aliphatic carbocycles. The fraction of sp³-hybridized carbons (Fsp3) is 0.294. The van der Waals surface area contributed by atoms with Gasteiger partial charge in [0.25, 0.3) is 0 Å². The molecule has 0 aliphatic heterocycles. The summed E-state index contributed by atoms with van der Waals surface area (Å²) >= 11 is 0. The summed E-state index contributed by atoms with van der Waals surface area (Å²) in [5, 5.41) is 0. The third kappa shape index (κ3) is 3.21. The molecule has 2 aromatic rings. The van der Waals surface area contributed by atoms with Crippen molar-refractivity contribution in [2.45, 2.75) is 32.7 Å². The Morgan fingerprint density at radius 1 is 1.16 bits per heavy atom. The summed E-state index contributed by atoms with van der Waals surface area (Å²) in [6.07, 6.45) is 2.12. The van der Waals surface area contributed by atoms with Crippen molar-refractivity contribution in [3.8, 4) is 0 Å². The van der Waals surface area contributed by atoms with E-state index in [1.165, 1.54) is 11.6 Å². The van der Waals surface area contributed by atoms with E-state index in [0.717, 1.165) is 24.0 Å². The highest BCUT2D eigenvalue weighted by molar-refractivity contribution is 5.36. The van der Waals surface area contributed by atoms with Gasteiger partial charge in [-0.25, -0.2) is 4.39 Å². The standard InChI is InChI=1S/C17H20FN/c1-3-5-13-6-4-7-14(11-13)17(19)15-9-8-12(2)10-16(15)18/h4,6-11,17H,3,5,19H2,1-2H3. The monoisotopic (exact) mass is 257 g/mol. The Morgan fingerprint density at radius 2 is 1.95 bits per heavy atom. The first-order chi connectivity index (χ1) is 9.11. The van der Waals surface area contributed by atoms with Crippen LogP contribution in [-0.2, 0) is 6.42 Å². The molecule has 0 amide bonds. The maximum Gasteiger partial charge on any atom is 0.128 e. The maximum absolute atomic E-state index is 14.0. The van der Waals surface area contributed by atoms with E-state index >= 15 is 0 Å². The molecule has 0 saturated heterocycles. The van der Waals surface area contributed by atoms with Gasteiger partial charge in [-0.3, -0.25) is 0 Å². The van der Waals surface area contributed by atoms with Gasteiger partial charge in [0.1, 0.15) is 5.82 Å². The smallest absolute Gasteiger partial charge is 0.128 e. The molecule has 100 valence electrons. The van der Waals surface area contributed by atoms with Crippen molar-refractivity contribution in [1.29, 1.82) is 0 Å². The number of aryl methyl sites for hydroxylation is 2. The first kappa shape index (κ1) is 13.8. The molecule has 0 aromatic heterocycles. The number of hydrogen-bond acceptors (Lipinski definition) is 1. The maximum atomic E-state index is 14.0. The second-order valence-electron chi connectivity index (χ2n) is 5.00. The van der Waals surface area contributed by atoms with Gasteiger partial charge >= 0.3 is 0 Å². The topological polar surface area (TPSA) is 26.0 Å². The lowest BCUT2D eigenvalue weighted by molar-refractivity contribution is 0.598. The minimum absolute atomic E-state index is 0.228. The molecule has 0 spiro atoms. The van der Waals surface area contributed by atoms with E-state index in [0.29, 0.717) is 5.56 Å². The van der Waals surface area contributed by atoms with E-state index in [4.69, 9.17) is 5.73 Å². The van der Waals surface area contributed by atoms with E-state index in [9.17, 15) is 4.39 Å². The highest BCUT2D eigenvalue weighted by atomic mass is 19.1. The molecule has 2 N–H and O–H groups in total. The second-order valence-corrected chi connectivity index (χ2v) is 5.00. The third-order valence-electron chi connectivity index (χ3n) is 3.34. The van der Waals surface area contributed by atoms with Gasteiger partial charge in [0.15, 0.2) is 0 Å². The fourth-order valence-corrected chi connectivity index (χ4v) is 2.29. The normalized spacial score (nSPS) is 12.4. The lowest BCUT2D eigenvalue weighted by Crippen LogP contribution is -2.14. The zero-order valence-electron chi connectivity index (χ0n) is 11.5. The molecule has 1 unspecified atom stereocenters. The van der Waals surface area contributed by atoms with Gasteiger partial charge in [0, 0.05) is 5.56 Å². The lowest BCUT2D eigenvalue weighted by atomic mass is 9.96. The van der Waals surface area contributed by atoms with Crippen molar-refractivity contribution in [2.24, 2.45) is 5.73 Å². The molecule has 0 heterocycles. The predicted octanol–water partition coefficient (Wildman–Crippen LogP) is 4.13. The summed E-state index contributed by atoms with van der Waals surface area (Å²) in [5.41, 5.74) is 9.88. The van der Waals surface area contributed by atoms with Crippen molar-refractivity contribution < 1.29 is 4.39 Å². The van der Waals surface area contributed by atoms with Crippen LogP contribution in [0.2, 0.25) is 0 Å². The van der Waals surface area contributed by atoms with Crippen LogP contribution in [0.1, 0.15) is 41.6 Å². The number of rotatable bonds is 4. The molecule has 0 fully saturated rings. The van der Waals surface area contributed by atoms with E-state index in [1.54, 1.807) is 6.07 Å². The molecule has 2 heteroatoms. The molecule has 2 rings (SSSR count). The van der Waals surface area contributed by atoms with Gasteiger partial charge in [0.2, 0.25) is 0 Å². The van der Waals surface area contributed by atoms with Crippen molar-refractivity contribution in [3.63, 3.8) is 0 Å². The van der Waals surface area contributed by atoms with Crippen molar-refractivity contribution in [2.75, 3.05) is 0 Å². The summed E-state index contributed by atoms with van der Waals surface area (Å²) in [7, 11) is 0. The zero-order valence-corrected chi connectivity index (χ0v) is 11.5. The van der Waals surface area contributed by atoms with Crippen LogP contribution < -0.4 is 5.73 Å². The second kappa shape index (κ2) is 5.98. The van der Waals surface area contributed by atoms with E-state index < -0.39 is 6.04 Å². The molecular weight excluding hydrogens is 237 g/mol. The quantitative estimate of drug-likeness (QED) is 0.875.